The number of aryl methyl sites for hydroxylation is 2. The molecule has 0 aliphatic heterocycles. The zero-order valence-corrected chi connectivity index (χ0v) is 10.5. The standard InChI is InChI=1S/C10H16N2O3S/c1-8-10(7-13)9(2)12(11-8)5-4-6-16(3,14)15/h7H,4-6H2,1-3H3. The number of carbonyl (C=O) groups is 1. The number of rotatable bonds is 5. The van der Waals surface area contributed by atoms with Gasteiger partial charge in [-0.1, -0.05) is 0 Å². The lowest BCUT2D eigenvalue weighted by Gasteiger charge is -2.03. The first-order chi connectivity index (χ1) is 7.35. The number of carbonyl (C=O) groups excluding carboxylic acids is 1. The molecule has 0 radical (unpaired) electrons. The van der Waals surface area contributed by atoms with Gasteiger partial charge in [0.25, 0.3) is 0 Å². The maximum atomic E-state index is 10.9. The summed E-state index contributed by atoms with van der Waals surface area (Å²) in [5, 5.41) is 4.19. The highest BCUT2D eigenvalue weighted by atomic mass is 32.2. The lowest BCUT2D eigenvalue weighted by atomic mass is 10.2. The molecule has 1 heterocycles. The van der Waals surface area contributed by atoms with Crippen molar-refractivity contribution in [3.63, 3.8) is 0 Å². The molecule has 0 bridgehead atoms. The molecule has 1 rings (SSSR count). The Morgan fingerprint density at radius 1 is 1.38 bits per heavy atom. The van der Waals surface area contributed by atoms with Crippen LogP contribution in [0.1, 0.15) is 28.2 Å². The van der Waals surface area contributed by atoms with Gasteiger partial charge in [-0.25, -0.2) is 8.42 Å². The van der Waals surface area contributed by atoms with Crippen LogP contribution >= 0.6 is 0 Å². The van der Waals surface area contributed by atoms with Crippen LogP contribution in [0.5, 0.6) is 0 Å². The molecule has 16 heavy (non-hydrogen) atoms. The Morgan fingerprint density at radius 3 is 2.44 bits per heavy atom. The van der Waals surface area contributed by atoms with E-state index in [4.69, 9.17) is 0 Å². The second-order valence-electron chi connectivity index (χ2n) is 3.91. The van der Waals surface area contributed by atoms with Crippen molar-refractivity contribution in [3.8, 4) is 0 Å². The third-order valence-corrected chi connectivity index (χ3v) is 3.47. The third-order valence-electron chi connectivity index (χ3n) is 2.44. The minimum Gasteiger partial charge on any atom is -0.298 e. The van der Waals surface area contributed by atoms with Gasteiger partial charge in [-0.05, 0) is 20.3 Å². The van der Waals surface area contributed by atoms with Gasteiger partial charge in [0.1, 0.15) is 9.84 Å². The molecule has 0 atom stereocenters. The van der Waals surface area contributed by atoms with Crippen molar-refractivity contribution >= 4 is 16.1 Å². The van der Waals surface area contributed by atoms with Crippen LogP contribution in [0.3, 0.4) is 0 Å². The first-order valence-electron chi connectivity index (χ1n) is 5.02. The van der Waals surface area contributed by atoms with E-state index in [-0.39, 0.29) is 5.75 Å². The molecule has 0 saturated heterocycles. The molecule has 1 aromatic rings. The number of aromatic nitrogens is 2. The maximum Gasteiger partial charge on any atom is 0.153 e. The topological polar surface area (TPSA) is 69.0 Å². The van der Waals surface area contributed by atoms with E-state index in [1.54, 1.807) is 11.6 Å². The van der Waals surface area contributed by atoms with Crippen molar-refractivity contribution in [3.05, 3.63) is 17.0 Å². The van der Waals surface area contributed by atoms with E-state index in [1.807, 2.05) is 6.92 Å². The van der Waals surface area contributed by atoms with Crippen LogP contribution in [-0.4, -0.2) is 36.5 Å². The molecular formula is C10H16N2O3S. The van der Waals surface area contributed by atoms with Crippen LogP contribution < -0.4 is 0 Å². The van der Waals surface area contributed by atoms with Crippen molar-refractivity contribution in [1.29, 1.82) is 0 Å². The molecule has 0 saturated carbocycles. The van der Waals surface area contributed by atoms with Crippen molar-refractivity contribution in [2.24, 2.45) is 0 Å². The van der Waals surface area contributed by atoms with Gasteiger partial charge < -0.3 is 0 Å². The summed E-state index contributed by atoms with van der Waals surface area (Å²) in [6.07, 6.45) is 2.51. The molecule has 0 amide bonds. The summed E-state index contributed by atoms with van der Waals surface area (Å²) in [7, 11) is -2.93. The second-order valence-corrected chi connectivity index (χ2v) is 6.17. The predicted molar refractivity (Wildman–Crippen MR) is 61.4 cm³/mol. The van der Waals surface area contributed by atoms with Crippen LogP contribution in [0.2, 0.25) is 0 Å². The normalized spacial score (nSPS) is 11.7. The van der Waals surface area contributed by atoms with Gasteiger partial charge in [-0.15, -0.1) is 0 Å². The minimum absolute atomic E-state index is 0.141. The van der Waals surface area contributed by atoms with E-state index >= 15 is 0 Å². The van der Waals surface area contributed by atoms with E-state index in [0.717, 1.165) is 12.0 Å². The fourth-order valence-electron chi connectivity index (χ4n) is 1.58. The number of hydrogen-bond donors (Lipinski definition) is 0. The molecular weight excluding hydrogens is 228 g/mol. The van der Waals surface area contributed by atoms with Crippen molar-refractivity contribution in [2.45, 2.75) is 26.8 Å². The molecule has 5 nitrogen and oxygen atoms in total. The Balaban J connectivity index is 2.72. The summed E-state index contributed by atoms with van der Waals surface area (Å²) < 4.78 is 23.6. The summed E-state index contributed by atoms with van der Waals surface area (Å²) in [5.41, 5.74) is 2.08. The zero-order chi connectivity index (χ0) is 12.3. The van der Waals surface area contributed by atoms with Crippen LogP contribution in [-0.2, 0) is 16.4 Å². The molecule has 0 aliphatic carbocycles. The quantitative estimate of drug-likeness (QED) is 0.717. The van der Waals surface area contributed by atoms with Crippen LogP contribution in [0.15, 0.2) is 0 Å². The lowest BCUT2D eigenvalue weighted by Crippen LogP contribution is -2.09. The summed E-state index contributed by atoms with van der Waals surface area (Å²) in [4.78, 5) is 10.7. The maximum absolute atomic E-state index is 10.9. The van der Waals surface area contributed by atoms with Crippen molar-refractivity contribution in [1.82, 2.24) is 9.78 Å². The van der Waals surface area contributed by atoms with Crippen LogP contribution in [0.25, 0.3) is 0 Å². The van der Waals surface area contributed by atoms with Crippen molar-refractivity contribution < 1.29 is 13.2 Å². The second kappa shape index (κ2) is 4.78. The predicted octanol–water partition coefficient (Wildman–Crippen LogP) is 0.747. The Morgan fingerprint density at radius 2 is 2.00 bits per heavy atom. The average molecular weight is 244 g/mol. The molecule has 6 heteroatoms. The Bertz CT molecular complexity index is 488. The summed E-state index contributed by atoms with van der Waals surface area (Å²) in [5.74, 6) is 0.141. The highest BCUT2D eigenvalue weighted by Crippen LogP contribution is 2.10. The number of sulfone groups is 1. The highest BCUT2D eigenvalue weighted by Gasteiger charge is 2.10. The molecule has 0 aromatic carbocycles. The van der Waals surface area contributed by atoms with E-state index in [1.165, 1.54) is 6.26 Å². The van der Waals surface area contributed by atoms with E-state index in [9.17, 15) is 13.2 Å². The van der Waals surface area contributed by atoms with Gasteiger partial charge in [-0.2, -0.15) is 5.10 Å². The minimum atomic E-state index is -2.93. The zero-order valence-electron chi connectivity index (χ0n) is 9.73. The number of aldehydes is 1. The fraction of sp³-hybridized carbons (Fsp3) is 0.600. The van der Waals surface area contributed by atoms with Gasteiger partial charge in [0.05, 0.1) is 17.0 Å². The van der Waals surface area contributed by atoms with Crippen molar-refractivity contribution in [2.75, 3.05) is 12.0 Å². The van der Waals surface area contributed by atoms with E-state index in [2.05, 4.69) is 5.10 Å². The largest absolute Gasteiger partial charge is 0.298 e. The summed E-state index contributed by atoms with van der Waals surface area (Å²) in [6, 6.07) is 0. The smallest absolute Gasteiger partial charge is 0.153 e. The SMILES string of the molecule is Cc1nn(CCCS(C)(=O)=O)c(C)c1C=O. The van der Waals surface area contributed by atoms with E-state index in [0.29, 0.717) is 24.2 Å². The molecule has 0 fully saturated rings. The molecule has 0 N–H and O–H groups in total. The Labute approximate surface area is 95.4 Å². The van der Waals surface area contributed by atoms with Crippen LogP contribution in [0, 0.1) is 13.8 Å². The van der Waals surface area contributed by atoms with Gasteiger partial charge in [0.15, 0.2) is 6.29 Å². The number of hydrogen-bond acceptors (Lipinski definition) is 4. The fourth-order valence-corrected chi connectivity index (χ4v) is 2.23. The van der Waals surface area contributed by atoms with Gasteiger partial charge in [0, 0.05) is 18.5 Å². The van der Waals surface area contributed by atoms with Gasteiger partial charge in [-0.3, -0.25) is 9.48 Å². The molecule has 0 unspecified atom stereocenters. The first-order valence-corrected chi connectivity index (χ1v) is 7.08. The van der Waals surface area contributed by atoms with Gasteiger partial charge >= 0.3 is 0 Å². The molecule has 90 valence electrons. The lowest BCUT2D eigenvalue weighted by molar-refractivity contribution is 0.112. The third kappa shape index (κ3) is 3.16. The monoisotopic (exact) mass is 244 g/mol. The van der Waals surface area contributed by atoms with Crippen LogP contribution in [0.4, 0.5) is 0 Å². The Kier molecular flexibility index (Phi) is 3.85. The average Bonchev–Trinajstić information content (AvgIpc) is 2.40. The molecule has 0 aliphatic rings. The summed E-state index contributed by atoms with van der Waals surface area (Å²) >= 11 is 0. The Hall–Kier alpha value is -1.17. The van der Waals surface area contributed by atoms with E-state index < -0.39 is 9.84 Å². The first kappa shape index (κ1) is 12.9. The molecule has 0 spiro atoms. The number of nitrogens with zero attached hydrogens (tertiary/aromatic N) is 2. The van der Waals surface area contributed by atoms with Gasteiger partial charge in [0.2, 0.25) is 0 Å². The molecule has 1 aromatic heterocycles. The highest BCUT2D eigenvalue weighted by molar-refractivity contribution is 7.90. The summed E-state index contributed by atoms with van der Waals surface area (Å²) in [6.45, 7) is 4.10.